The zero-order valence-corrected chi connectivity index (χ0v) is 12.0. The van der Waals surface area contributed by atoms with E-state index in [1.54, 1.807) is 10.7 Å². The molecule has 3 heterocycles. The molecule has 20 heavy (non-hydrogen) atoms. The molecule has 0 aromatic carbocycles. The first-order valence-corrected chi connectivity index (χ1v) is 7.25. The highest BCUT2D eigenvalue weighted by molar-refractivity contribution is 5.78. The maximum Gasteiger partial charge on any atom is 0.223 e. The summed E-state index contributed by atoms with van der Waals surface area (Å²) in [6, 6.07) is 1.86. The number of hydrogen-bond acceptors (Lipinski definition) is 3. The summed E-state index contributed by atoms with van der Waals surface area (Å²) in [5.74, 6) is 0.778. The van der Waals surface area contributed by atoms with Crippen molar-refractivity contribution in [3.63, 3.8) is 0 Å². The summed E-state index contributed by atoms with van der Waals surface area (Å²) in [5, 5.41) is 4.45. The van der Waals surface area contributed by atoms with E-state index >= 15 is 0 Å². The van der Waals surface area contributed by atoms with Gasteiger partial charge in [-0.1, -0.05) is 13.3 Å². The summed E-state index contributed by atoms with van der Waals surface area (Å²) < 4.78 is 1.79. The van der Waals surface area contributed by atoms with E-state index in [0.29, 0.717) is 18.9 Å². The maximum absolute atomic E-state index is 12.1. The summed E-state index contributed by atoms with van der Waals surface area (Å²) in [6.45, 7) is 5.65. The van der Waals surface area contributed by atoms with Gasteiger partial charge in [-0.2, -0.15) is 5.10 Å². The maximum atomic E-state index is 12.1. The standard InChI is InChI=1S/C15H20N4O/c1-3-5-12-8-14(20)18(9-12)10-13-11(2)17-19-7-4-6-16-15(13)19/h4,6-7,12H,3,5,8-10H2,1-2H3. The quantitative estimate of drug-likeness (QED) is 0.857. The predicted molar refractivity (Wildman–Crippen MR) is 76.2 cm³/mol. The SMILES string of the molecule is CCCC1CC(=O)N(Cc2c(C)nn3cccnc23)C1. The van der Waals surface area contributed by atoms with E-state index in [4.69, 9.17) is 0 Å². The van der Waals surface area contributed by atoms with Crippen molar-refractivity contribution in [2.45, 2.75) is 39.7 Å². The Kier molecular flexibility index (Phi) is 3.42. The van der Waals surface area contributed by atoms with Crippen LogP contribution in [0.3, 0.4) is 0 Å². The van der Waals surface area contributed by atoms with Gasteiger partial charge in [-0.25, -0.2) is 9.50 Å². The van der Waals surface area contributed by atoms with Crippen molar-refractivity contribution in [3.05, 3.63) is 29.7 Å². The number of aromatic nitrogens is 3. The summed E-state index contributed by atoms with van der Waals surface area (Å²) in [5.41, 5.74) is 2.88. The molecule has 3 rings (SSSR count). The van der Waals surface area contributed by atoms with Crippen molar-refractivity contribution in [1.82, 2.24) is 19.5 Å². The van der Waals surface area contributed by atoms with Crippen molar-refractivity contribution in [2.24, 2.45) is 5.92 Å². The lowest BCUT2D eigenvalue weighted by Crippen LogP contribution is -2.25. The van der Waals surface area contributed by atoms with Gasteiger partial charge in [0.1, 0.15) is 0 Å². The first kappa shape index (κ1) is 13.1. The normalized spacial score (nSPS) is 19.2. The molecule has 1 aliphatic rings. The van der Waals surface area contributed by atoms with Crippen molar-refractivity contribution < 1.29 is 4.79 Å². The minimum atomic E-state index is 0.262. The molecule has 2 aromatic heterocycles. The van der Waals surface area contributed by atoms with Crippen LogP contribution in [-0.2, 0) is 11.3 Å². The molecule has 0 saturated carbocycles. The Morgan fingerprint density at radius 2 is 2.30 bits per heavy atom. The van der Waals surface area contributed by atoms with Gasteiger partial charge in [-0.3, -0.25) is 4.79 Å². The van der Waals surface area contributed by atoms with Gasteiger partial charge in [0.05, 0.1) is 12.2 Å². The largest absolute Gasteiger partial charge is 0.338 e. The van der Waals surface area contributed by atoms with E-state index < -0.39 is 0 Å². The zero-order valence-electron chi connectivity index (χ0n) is 12.0. The van der Waals surface area contributed by atoms with Crippen molar-refractivity contribution in [3.8, 4) is 0 Å². The van der Waals surface area contributed by atoms with E-state index in [2.05, 4.69) is 17.0 Å². The highest BCUT2D eigenvalue weighted by Crippen LogP contribution is 2.25. The molecule has 1 unspecified atom stereocenters. The van der Waals surface area contributed by atoms with Gasteiger partial charge >= 0.3 is 0 Å². The Hall–Kier alpha value is -1.91. The highest BCUT2D eigenvalue weighted by Gasteiger charge is 2.30. The summed E-state index contributed by atoms with van der Waals surface area (Å²) in [4.78, 5) is 18.5. The molecule has 5 heteroatoms. The Bertz CT molecular complexity index is 634. The molecule has 1 amide bonds. The van der Waals surface area contributed by atoms with Crippen LogP contribution in [-0.4, -0.2) is 31.9 Å². The third kappa shape index (κ3) is 2.28. The first-order chi connectivity index (χ1) is 9.69. The second-order valence-electron chi connectivity index (χ2n) is 5.58. The molecule has 0 aliphatic carbocycles. The number of likely N-dealkylation sites (tertiary alicyclic amines) is 1. The minimum absolute atomic E-state index is 0.262. The topological polar surface area (TPSA) is 50.5 Å². The fraction of sp³-hybridized carbons (Fsp3) is 0.533. The molecular weight excluding hydrogens is 252 g/mol. The van der Waals surface area contributed by atoms with E-state index in [1.807, 2.05) is 24.1 Å². The lowest BCUT2D eigenvalue weighted by atomic mass is 10.0. The smallest absolute Gasteiger partial charge is 0.223 e. The van der Waals surface area contributed by atoms with Crippen molar-refractivity contribution >= 4 is 11.6 Å². The number of nitrogens with zero attached hydrogens (tertiary/aromatic N) is 4. The minimum Gasteiger partial charge on any atom is -0.338 e. The van der Waals surface area contributed by atoms with Crippen LogP contribution >= 0.6 is 0 Å². The molecule has 5 nitrogen and oxygen atoms in total. The van der Waals surface area contributed by atoms with Crippen LogP contribution in [0.25, 0.3) is 5.65 Å². The van der Waals surface area contributed by atoms with Crippen LogP contribution in [0.1, 0.15) is 37.4 Å². The van der Waals surface area contributed by atoms with Crippen LogP contribution in [0.15, 0.2) is 18.5 Å². The molecule has 1 aliphatic heterocycles. The van der Waals surface area contributed by atoms with Crippen LogP contribution in [0, 0.1) is 12.8 Å². The zero-order chi connectivity index (χ0) is 14.1. The molecule has 1 saturated heterocycles. The Labute approximate surface area is 118 Å². The number of rotatable bonds is 4. The highest BCUT2D eigenvalue weighted by atomic mass is 16.2. The van der Waals surface area contributed by atoms with Crippen LogP contribution < -0.4 is 0 Å². The van der Waals surface area contributed by atoms with Gasteiger partial charge in [0.25, 0.3) is 0 Å². The average molecular weight is 272 g/mol. The molecular formula is C15H20N4O. The number of carbonyl (C=O) groups is 1. The molecule has 106 valence electrons. The molecule has 1 fully saturated rings. The second kappa shape index (κ2) is 5.23. The van der Waals surface area contributed by atoms with Crippen LogP contribution in [0.4, 0.5) is 0 Å². The van der Waals surface area contributed by atoms with E-state index in [9.17, 15) is 4.79 Å². The Morgan fingerprint density at radius 3 is 3.10 bits per heavy atom. The molecule has 2 aromatic rings. The summed E-state index contributed by atoms with van der Waals surface area (Å²) >= 11 is 0. The van der Waals surface area contributed by atoms with Gasteiger partial charge < -0.3 is 4.90 Å². The molecule has 1 atom stereocenters. The molecule has 0 N–H and O–H groups in total. The van der Waals surface area contributed by atoms with E-state index in [0.717, 1.165) is 36.3 Å². The predicted octanol–water partition coefficient (Wildman–Crippen LogP) is 2.19. The number of fused-ring (bicyclic) bond motifs is 1. The number of hydrogen-bond donors (Lipinski definition) is 0. The molecule has 0 spiro atoms. The Balaban J connectivity index is 1.83. The fourth-order valence-corrected chi connectivity index (χ4v) is 3.03. The average Bonchev–Trinajstić information content (AvgIpc) is 2.92. The monoisotopic (exact) mass is 272 g/mol. The van der Waals surface area contributed by atoms with Gasteiger partial charge in [0, 0.05) is 30.9 Å². The second-order valence-corrected chi connectivity index (χ2v) is 5.58. The number of amides is 1. The number of aryl methyl sites for hydroxylation is 1. The molecule has 0 radical (unpaired) electrons. The fourth-order valence-electron chi connectivity index (χ4n) is 3.03. The summed E-state index contributed by atoms with van der Waals surface area (Å²) in [6.07, 6.45) is 6.63. The van der Waals surface area contributed by atoms with Crippen molar-refractivity contribution in [1.29, 1.82) is 0 Å². The Morgan fingerprint density at radius 1 is 1.45 bits per heavy atom. The van der Waals surface area contributed by atoms with Gasteiger partial charge in [0.15, 0.2) is 5.65 Å². The summed E-state index contributed by atoms with van der Waals surface area (Å²) in [7, 11) is 0. The van der Waals surface area contributed by atoms with Gasteiger partial charge in [0.2, 0.25) is 5.91 Å². The van der Waals surface area contributed by atoms with Crippen LogP contribution in [0.2, 0.25) is 0 Å². The van der Waals surface area contributed by atoms with Crippen LogP contribution in [0.5, 0.6) is 0 Å². The van der Waals surface area contributed by atoms with E-state index in [1.165, 1.54) is 0 Å². The van der Waals surface area contributed by atoms with Gasteiger partial charge in [-0.15, -0.1) is 0 Å². The van der Waals surface area contributed by atoms with Crippen molar-refractivity contribution in [2.75, 3.05) is 6.54 Å². The lowest BCUT2D eigenvalue weighted by molar-refractivity contribution is -0.128. The van der Waals surface area contributed by atoms with Gasteiger partial charge in [-0.05, 0) is 25.3 Å². The lowest BCUT2D eigenvalue weighted by Gasteiger charge is -2.16. The third-order valence-corrected chi connectivity index (χ3v) is 4.03. The van der Waals surface area contributed by atoms with E-state index in [-0.39, 0.29) is 5.91 Å². The molecule has 0 bridgehead atoms. The third-order valence-electron chi connectivity index (χ3n) is 4.03. The number of carbonyl (C=O) groups excluding carboxylic acids is 1. The first-order valence-electron chi connectivity index (χ1n) is 7.25.